The highest BCUT2D eigenvalue weighted by molar-refractivity contribution is 7.95. The minimum atomic E-state index is -1.06. The lowest BCUT2D eigenvalue weighted by Gasteiger charge is -2.09. The summed E-state index contributed by atoms with van der Waals surface area (Å²) in [7, 11) is -1.06. The van der Waals surface area contributed by atoms with Crippen molar-refractivity contribution in [2.45, 2.75) is 0 Å². The van der Waals surface area contributed by atoms with Gasteiger partial charge in [-0.05, 0) is 34.9 Å². The Labute approximate surface area is 98.4 Å². The van der Waals surface area contributed by atoms with Gasteiger partial charge in [-0.3, -0.25) is 0 Å². The lowest BCUT2D eigenvalue weighted by Crippen LogP contribution is -2.07. The fraction of sp³-hybridized carbons (Fsp3) is 0. The summed E-state index contributed by atoms with van der Waals surface area (Å²) in [5.74, 6) is -0.578. The molecule has 82 valence electrons. The molecule has 2 aromatic rings. The number of hydrogen-bond acceptors (Lipinski definition) is 0. The Bertz CT molecular complexity index is 422. The van der Waals surface area contributed by atoms with E-state index in [-0.39, 0.29) is 11.6 Å². The zero-order valence-electron chi connectivity index (χ0n) is 8.20. The molecule has 0 bridgehead atoms. The molecule has 4 heteroatoms. The van der Waals surface area contributed by atoms with Crippen molar-refractivity contribution in [2.24, 2.45) is 0 Å². The Morgan fingerprint density at radius 2 is 1.00 bits per heavy atom. The van der Waals surface area contributed by atoms with Crippen LogP contribution in [0.5, 0.6) is 0 Å². The maximum Gasteiger partial charge on any atom is 0.123 e. The molecule has 0 fully saturated rings. The Kier molecular flexibility index (Phi) is 3.52. The number of benzene rings is 2. The lowest BCUT2D eigenvalue weighted by molar-refractivity contribution is 0.628. The summed E-state index contributed by atoms with van der Waals surface area (Å²) < 4.78 is 25.4. The molecule has 0 unspecified atom stereocenters. The van der Waals surface area contributed by atoms with E-state index in [0.717, 1.165) is 10.6 Å². The number of rotatable bonds is 2. The predicted octanol–water partition coefficient (Wildman–Crippen LogP) is 3.55. The molecule has 2 rings (SSSR count). The lowest BCUT2D eigenvalue weighted by atomic mass is 10.3. The van der Waals surface area contributed by atoms with Crippen LogP contribution in [0.2, 0.25) is 0 Å². The first-order chi connectivity index (χ1) is 7.66. The summed E-state index contributed by atoms with van der Waals surface area (Å²) in [5, 5.41) is 1.70. The van der Waals surface area contributed by atoms with Crippen LogP contribution in [0.25, 0.3) is 0 Å². The Morgan fingerprint density at radius 3 is 1.31 bits per heavy atom. The molecule has 0 atom stereocenters. The van der Waals surface area contributed by atoms with Gasteiger partial charge < -0.3 is 0 Å². The standard InChI is InChI=1S/C12H8ClF2P/c13-16(11-5-1-9(14)2-6-11)12-7-3-10(15)4-8-12/h1-8H. The molecule has 0 aliphatic heterocycles. The molecule has 0 radical (unpaired) electrons. The molecule has 0 aliphatic rings. The highest BCUT2D eigenvalue weighted by Gasteiger charge is 2.10. The molecule has 0 saturated heterocycles. The van der Waals surface area contributed by atoms with Crippen molar-refractivity contribution in [1.29, 1.82) is 0 Å². The normalized spacial score (nSPS) is 10.8. The van der Waals surface area contributed by atoms with Gasteiger partial charge in [0.05, 0.1) is 7.27 Å². The summed E-state index contributed by atoms with van der Waals surface area (Å²) in [4.78, 5) is 0. The molecule has 0 nitrogen and oxygen atoms in total. The second kappa shape index (κ2) is 4.90. The zero-order chi connectivity index (χ0) is 11.5. The predicted molar refractivity (Wildman–Crippen MR) is 64.8 cm³/mol. The second-order valence-corrected chi connectivity index (χ2v) is 5.84. The fourth-order valence-electron chi connectivity index (χ4n) is 1.29. The molecule has 0 saturated carbocycles. The third-order valence-corrected chi connectivity index (χ3v) is 4.78. The van der Waals surface area contributed by atoms with Crippen LogP contribution in [-0.4, -0.2) is 0 Å². The second-order valence-electron chi connectivity index (χ2n) is 3.23. The average Bonchev–Trinajstić information content (AvgIpc) is 2.30. The molecule has 0 N–H and O–H groups in total. The smallest absolute Gasteiger partial charge is 0.123 e. The highest BCUT2D eigenvalue weighted by atomic mass is 35.7. The van der Waals surface area contributed by atoms with E-state index in [1.54, 1.807) is 24.3 Å². The summed E-state index contributed by atoms with van der Waals surface area (Å²) >= 11 is 6.26. The van der Waals surface area contributed by atoms with Crippen molar-refractivity contribution in [2.75, 3.05) is 0 Å². The maximum absolute atomic E-state index is 12.7. The van der Waals surface area contributed by atoms with E-state index in [9.17, 15) is 8.78 Å². The van der Waals surface area contributed by atoms with E-state index in [0.29, 0.717) is 0 Å². The van der Waals surface area contributed by atoms with Crippen LogP contribution < -0.4 is 10.6 Å². The van der Waals surface area contributed by atoms with E-state index in [1.807, 2.05) is 0 Å². The van der Waals surface area contributed by atoms with Crippen LogP contribution in [-0.2, 0) is 0 Å². The van der Waals surface area contributed by atoms with Crippen molar-refractivity contribution in [3.8, 4) is 0 Å². The average molecular weight is 257 g/mol. The van der Waals surface area contributed by atoms with E-state index >= 15 is 0 Å². The molecule has 0 heterocycles. The molecule has 0 aliphatic carbocycles. The van der Waals surface area contributed by atoms with E-state index in [4.69, 9.17) is 11.2 Å². The Balaban J connectivity index is 2.28. The number of halogens is 3. The molecule has 0 amide bonds. The first-order valence-electron chi connectivity index (χ1n) is 4.64. The van der Waals surface area contributed by atoms with Gasteiger partial charge in [0.15, 0.2) is 0 Å². The van der Waals surface area contributed by atoms with Crippen molar-refractivity contribution in [1.82, 2.24) is 0 Å². The summed E-state index contributed by atoms with van der Waals surface area (Å²) in [5.41, 5.74) is 0. The number of hydrogen-bond donors (Lipinski definition) is 0. The van der Waals surface area contributed by atoms with E-state index in [2.05, 4.69) is 0 Å². The van der Waals surface area contributed by atoms with Gasteiger partial charge in [0.2, 0.25) is 0 Å². The summed E-state index contributed by atoms with van der Waals surface area (Å²) in [6.07, 6.45) is 0. The SMILES string of the molecule is Fc1ccc(P(Cl)c2ccc(F)cc2)cc1. The van der Waals surface area contributed by atoms with Crippen LogP contribution in [0.4, 0.5) is 8.78 Å². The molecule has 0 spiro atoms. The van der Waals surface area contributed by atoms with Crippen molar-refractivity contribution >= 4 is 29.1 Å². The monoisotopic (exact) mass is 256 g/mol. The van der Waals surface area contributed by atoms with Gasteiger partial charge in [-0.2, -0.15) is 0 Å². The third-order valence-electron chi connectivity index (χ3n) is 2.11. The van der Waals surface area contributed by atoms with Gasteiger partial charge in [0.25, 0.3) is 0 Å². The van der Waals surface area contributed by atoms with Crippen LogP contribution in [0.15, 0.2) is 48.5 Å². The van der Waals surface area contributed by atoms with Gasteiger partial charge in [-0.25, -0.2) is 8.78 Å². The zero-order valence-corrected chi connectivity index (χ0v) is 9.85. The fourth-order valence-corrected chi connectivity index (χ4v) is 3.09. The first-order valence-corrected chi connectivity index (χ1v) is 6.88. The van der Waals surface area contributed by atoms with Crippen molar-refractivity contribution < 1.29 is 8.78 Å². The van der Waals surface area contributed by atoms with Gasteiger partial charge in [-0.1, -0.05) is 35.5 Å². The largest absolute Gasteiger partial charge is 0.207 e. The topological polar surface area (TPSA) is 0 Å². The molecule has 2 aromatic carbocycles. The van der Waals surface area contributed by atoms with E-state index < -0.39 is 7.27 Å². The van der Waals surface area contributed by atoms with Gasteiger partial charge in [-0.15, -0.1) is 0 Å². The molecule has 0 aromatic heterocycles. The Morgan fingerprint density at radius 1 is 0.688 bits per heavy atom. The van der Waals surface area contributed by atoms with Crippen molar-refractivity contribution in [3.05, 3.63) is 60.2 Å². The quantitative estimate of drug-likeness (QED) is 0.721. The van der Waals surface area contributed by atoms with Crippen molar-refractivity contribution in [3.63, 3.8) is 0 Å². The van der Waals surface area contributed by atoms with Crippen LogP contribution in [0.1, 0.15) is 0 Å². The van der Waals surface area contributed by atoms with Crippen LogP contribution in [0.3, 0.4) is 0 Å². The Hall–Kier alpha value is -0.980. The minimum Gasteiger partial charge on any atom is -0.207 e. The summed E-state index contributed by atoms with van der Waals surface area (Å²) in [6, 6.07) is 12.1. The molecular weight excluding hydrogens is 249 g/mol. The van der Waals surface area contributed by atoms with Gasteiger partial charge >= 0.3 is 0 Å². The van der Waals surface area contributed by atoms with Crippen LogP contribution >= 0.6 is 18.5 Å². The maximum atomic E-state index is 12.7. The van der Waals surface area contributed by atoms with E-state index in [1.165, 1.54) is 24.3 Å². The first kappa shape index (κ1) is 11.5. The van der Waals surface area contributed by atoms with Crippen LogP contribution in [0, 0.1) is 11.6 Å². The van der Waals surface area contributed by atoms with Gasteiger partial charge in [0.1, 0.15) is 11.6 Å². The molecule has 16 heavy (non-hydrogen) atoms. The minimum absolute atomic E-state index is 0.289. The summed E-state index contributed by atoms with van der Waals surface area (Å²) in [6.45, 7) is 0. The third kappa shape index (κ3) is 2.58. The highest BCUT2D eigenvalue weighted by Crippen LogP contribution is 2.38. The molecular formula is C12H8ClF2P. The van der Waals surface area contributed by atoms with Gasteiger partial charge in [0, 0.05) is 0 Å².